The Hall–Kier alpha value is -2.38. The molecule has 0 saturated heterocycles. The predicted octanol–water partition coefficient (Wildman–Crippen LogP) is 3.42. The molecule has 0 aromatic heterocycles. The van der Waals surface area contributed by atoms with Crippen molar-refractivity contribution >= 4 is 21.6 Å². The molecule has 6 nitrogen and oxygen atoms in total. The van der Waals surface area contributed by atoms with E-state index in [2.05, 4.69) is 17.0 Å². The third kappa shape index (κ3) is 7.03. The Morgan fingerprint density at radius 2 is 1.74 bits per heavy atom. The van der Waals surface area contributed by atoms with Crippen molar-refractivity contribution < 1.29 is 17.9 Å². The lowest BCUT2D eigenvalue weighted by Gasteiger charge is -2.10. The standard InChI is InChI=1S/C20H26N2O4S/c1-2-3-14-26-15-8-13-21-20(23)17-9-7-10-18(16-17)22-27(24,25)19-11-5-4-6-12-19/h4-7,9-12,16,22H,2-3,8,13-15H2,1H3,(H,21,23). The highest BCUT2D eigenvalue weighted by molar-refractivity contribution is 7.92. The number of carbonyl (C=O) groups excluding carboxylic acids is 1. The smallest absolute Gasteiger partial charge is 0.261 e. The molecule has 146 valence electrons. The summed E-state index contributed by atoms with van der Waals surface area (Å²) in [5.41, 5.74) is 0.740. The topological polar surface area (TPSA) is 84.5 Å². The molecule has 0 fully saturated rings. The van der Waals surface area contributed by atoms with Gasteiger partial charge in [0.05, 0.1) is 4.90 Å². The van der Waals surface area contributed by atoms with Gasteiger partial charge in [-0.15, -0.1) is 0 Å². The Morgan fingerprint density at radius 1 is 1.00 bits per heavy atom. The number of amides is 1. The van der Waals surface area contributed by atoms with Crippen LogP contribution in [0.15, 0.2) is 59.5 Å². The van der Waals surface area contributed by atoms with E-state index < -0.39 is 10.0 Å². The van der Waals surface area contributed by atoms with E-state index in [1.807, 2.05) is 0 Å². The van der Waals surface area contributed by atoms with Crippen molar-refractivity contribution in [2.24, 2.45) is 0 Å². The van der Waals surface area contributed by atoms with E-state index in [1.165, 1.54) is 18.2 Å². The molecule has 2 aromatic carbocycles. The van der Waals surface area contributed by atoms with Crippen LogP contribution in [0.25, 0.3) is 0 Å². The molecule has 2 N–H and O–H groups in total. The molecule has 0 radical (unpaired) electrons. The summed E-state index contributed by atoms with van der Waals surface area (Å²) in [4.78, 5) is 12.4. The lowest BCUT2D eigenvalue weighted by Crippen LogP contribution is -2.25. The fourth-order valence-electron chi connectivity index (χ4n) is 2.36. The van der Waals surface area contributed by atoms with Gasteiger partial charge < -0.3 is 10.1 Å². The van der Waals surface area contributed by atoms with Crippen LogP contribution in [0.4, 0.5) is 5.69 Å². The van der Waals surface area contributed by atoms with E-state index in [9.17, 15) is 13.2 Å². The van der Waals surface area contributed by atoms with Crippen LogP contribution in [0.1, 0.15) is 36.5 Å². The van der Waals surface area contributed by atoms with Crippen LogP contribution in [-0.4, -0.2) is 34.1 Å². The molecule has 0 unspecified atom stereocenters. The first-order chi connectivity index (χ1) is 13.0. The van der Waals surface area contributed by atoms with E-state index >= 15 is 0 Å². The first-order valence-corrected chi connectivity index (χ1v) is 10.5. The van der Waals surface area contributed by atoms with Crippen LogP contribution < -0.4 is 10.0 Å². The van der Waals surface area contributed by atoms with Crippen LogP contribution in [0, 0.1) is 0 Å². The highest BCUT2D eigenvalue weighted by Crippen LogP contribution is 2.17. The zero-order chi connectivity index (χ0) is 19.5. The van der Waals surface area contributed by atoms with Crippen molar-refractivity contribution in [2.75, 3.05) is 24.5 Å². The Balaban J connectivity index is 1.88. The second kappa shape index (κ2) is 10.7. The number of benzene rings is 2. The Morgan fingerprint density at radius 3 is 2.48 bits per heavy atom. The van der Waals surface area contributed by atoms with Gasteiger partial charge in [-0.25, -0.2) is 8.42 Å². The van der Waals surface area contributed by atoms with Gasteiger partial charge in [0.25, 0.3) is 15.9 Å². The first-order valence-electron chi connectivity index (χ1n) is 9.07. The van der Waals surface area contributed by atoms with Gasteiger partial charge in [0.1, 0.15) is 0 Å². The highest BCUT2D eigenvalue weighted by atomic mass is 32.2. The van der Waals surface area contributed by atoms with Gasteiger partial charge in [0.15, 0.2) is 0 Å². The second-order valence-corrected chi connectivity index (χ2v) is 7.76. The number of hydrogen-bond acceptors (Lipinski definition) is 4. The van der Waals surface area contributed by atoms with Gasteiger partial charge in [-0.3, -0.25) is 9.52 Å². The average Bonchev–Trinajstić information content (AvgIpc) is 2.67. The van der Waals surface area contributed by atoms with Crippen molar-refractivity contribution in [3.8, 4) is 0 Å². The molecule has 2 rings (SSSR count). The minimum absolute atomic E-state index is 0.169. The summed E-state index contributed by atoms with van der Waals surface area (Å²) in [5.74, 6) is -0.246. The highest BCUT2D eigenvalue weighted by Gasteiger charge is 2.14. The Kier molecular flexibility index (Phi) is 8.29. The SMILES string of the molecule is CCCCOCCCNC(=O)c1cccc(NS(=O)(=O)c2ccccc2)c1. The van der Waals surface area contributed by atoms with E-state index in [4.69, 9.17) is 4.74 Å². The minimum atomic E-state index is -3.69. The van der Waals surface area contributed by atoms with E-state index in [0.717, 1.165) is 25.9 Å². The number of anilines is 1. The Labute approximate surface area is 161 Å². The third-order valence-corrected chi connectivity index (χ3v) is 5.22. The monoisotopic (exact) mass is 390 g/mol. The minimum Gasteiger partial charge on any atom is -0.381 e. The van der Waals surface area contributed by atoms with Crippen LogP contribution in [0.3, 0.4) is 0 Å². The second-order valence-electron chi connectivity index (χ2n) is 6.07. The molecule has 27 heavy (non-hydrogen) atoms. The number of carbonyl (C=O) groups is 1. The number of unbranched alkanes of at least 4 members (excludes halogenated alkanes) is 1. The largest absolute Gasteiger partial charge is 0.381 e. The third-order valence-electron chi connectivity index (χ3n) is 3.82. The predicted molar refractivity (Wildman–Crippen MR) is 106 cm³/mol. The summed E-state index contributed by atoms with van der Waals surface area (Å²) in [6, 6.07) is 14.5. The maximum atomic E-state index is 12.4. The maximum absolute atomic E-state index is 12.4. The van der Waals surface area contributed by atoms with Crippen LogP contribution in [-0.2, 0) is 14.8 Å². The molecule has 0 saturated carbocycles. The van der Waals surface area contributed by atoms with Crippen molar-refractivity contribution in [2.45, 2.75) is 31.1 Å². The lowest BCUT2D eigenvalue weighted by molar-refractivity contribution is 0.0940. The number of sulfonamides is 1. The molecule has 2 aromatic rings. The number of rotatable bonds is 11. The maximum Gasteiger partial charge on any atom is 0.261 e. The summed E-state index contributed by atoms with van der Waals surface area (Å²) < 4.78 is 32.7. The first kappa shape index (κ1) is 20.9. The number of hydrogen-bond donors (Lipinski definition) is 2. The Bertz CT molecular complexity index is 823. The molecule has 7 heteroatoms. The fourth-order valence-corrected chi connectivity index (χ4v) is 3.43. The summed E-state index contributed by atoms with van der Waals surface area (Å²) in [5, 5.41) is 2.82. The van der Waals surface area contributed by atoms with Gasteiger partial charge in [-0.1, -0.05) is 37.6 Å². The van der Waals surface area contributed by atoms with Gasteiger partial charge in [-0.05, 0) is 43.2 Å². The summed E-state index contributed by atoms with van der Waals surface area (Å²) in [6.07, 6.45) is 2.87. The fraction of sp³-hybridized carbons (Fsp3) is 0.350. The van der Waals surface area contributed by atoms with E-state index in [1.54, 1.807) is 36.4 Å². The molecule has 0 aliphatic carbocycles. The summed E-state index contributed by atoms with van der Waals surface area (Å²) >= 11 is 0. The summed E-state index contributed by atoms with van der Waals surface area (Å²) in [6.45, 7) is 3.97. The van der Waals surface area contributed by atoms with Crippen molar-refractivity contribution in [3.05, 3.63) is 60.2 Å². The molecule has 0 aliphatic heterocycles. The molecule has 0 heterocycles. The molecule has 1 amide bonds. The van der Waals surface area contributed by atoms with Gasteiger partial charge in [-0.2, -0.15) is 0 Å². The molecule has 0 bridgehead atoms. The molecular weight excluding hydrogens is 364 g/mol. The van der Waals surface area contributed by atoms with Crippen molar-refractivity contribution in [1.82, 2.24) is 5.32 Å². The molecule has 0 aliphatic rings. The van der Waals surface area contributed by atoms with Crippen LogP contribution >= 0.6 is 0 Å². The lowest BCUT2D eigenvalue weighted by atomic mass is 10.2. The number of ether oxygens (including phenoxy) is 1. The molecular formula is C20H26N2O4S. The quantitative estimate of drug-likeness (QED) is 0.576. The van der Waals surface area contributed by atoms with Crippen molar-refractivity contribution in [3.63, 3.8) is 0 Å². The van der Waals surface area contributed by atoms with Crippen LogP contribution in [0.5, 0.6) is 0 Å². The van der Waals surface area contributed by atoms with Gasteiger partial charge in [0.2, 0.25) is 0 Å². The zero-order valence-corrected chi connectivity index (χ0v) is 16.3. The van der Waals surface area contributed by atoms with Gasteiger partial charge in [0, 0.05) is 31.0 Å². The van der Waals surface area contributed by atoms with Crippen molar-refractivity contribution in [1.29, 1.82) is 0 Å². The van der Waals surface area contributed by atoms with E-state index in [-0.39, 0.29) is 10.8 Å². The zero-order valence-electron chi connectivity index (χ0n) is 15.5. The normalized spacial score (nSPS) is 11.1. The van der Waals surface area contributed by atoms with Crippen LogP contribution in [0.2, 0.25) is 0 Å². The average molecular weight is 391 g/mol. The molecule has 0 spiro atoms. The molecule has 0 atom stereocenters. The summed E-state index contributed by atoms with van der Waals surface area (Å²) in [7, 11) is -3.69. The number of nitrogens with one attached hydrogen (secondary N) is 2. The van der Waals surface area contributed by atoms with E-state index in [0.29, 0.717) is 24.4 Å². The van der Waals surface area contributed by atoms with Gasteiger partial charge >= 0.3 is 0 Å².